The van der Waals surface area contributed by atoms with Crippen molar-refractivity contribution in [1.29, 1.82) is 0 Å². The molecule has 1 saturated carbocycles. The molecule has 2 amide bonds. The topological polar surface area (TPSA) is 137 Å². The number of aromatic nitrogens is 2. The van der Waals surface area contributed by atoms with Crippen LogP contribution in [0.3, 0.4) is 0 Å². The summed E-state index contributed by atoms with van der Waals surface area (Å²) in [5.74, 6) is -1.87. The Kier molecular flexibility index (Phi) is 12.7. The van der Waals surface area contributed by atoms with Crippen molar-refractivity contribution >= 4 is 18.1 Å². The Morgan fingerprint density at radius 3 is 2.46 bits per heavy atom. The molecule has 1 aromatic heterocycles. The Bertz CT molecular complexity index is 1150. The molecular formula is C27H39FN6O5. The molecule has 0 bridgehead atoms. The molecule has 1 unspecified atom stereocenters. The molecule has 11 nitrogen and oxygen atoms in total. The average Bonchev–Trinajstić information content (AvgIpc) is 3.75. The van der Waals surface area contributed by atoms with Crippen LogP contribution in [-0.4, -0.2) is 89.4 Å². The van der Waals surface area contributed by atoms with E-state index < -0.39 is 28.9 Å². The van der Waals surface area contributed by atoms with E-state index in [1.54, 1.807) is 7.05 Å². The third kappa shape index (κ3) is 9.88. The quantitative estimate of drug-likeness (QED) is 0.250. The van der Waals surface area contributed by atoms with E-state index >= 15 is 0 Å². The summed E-state index contributed by atoms with van der Waals surface area (Å²) in [7, 11) is 5.35. The van der Waals surface area contributed by atoms with Crippen molar-refractivity contribution < 1.29 is 23.9 Å². The van der Waals surface area contributed by atoms with Gasteiger partial charge in [-0.3, -0.25) is 28.6 Å². The van der Waals surface area contributed by atoms with Gasteiger partial charge in [-0.15, -0.1) is 0 Å². The van der Waals surface area contributed by atoms with Crippen LogP contribution in [0.25, 0.3) is 0 Å². The number of halogens is 1. The number of hydrogen-bond donors (Lipinski definition) is 3. The van der Waals surface area contributed by atoms with E-state index in [2.05, 4.69) is 20.5 Å². The maximum absolute atomic E-state index is 13.0. The molecule has 0 radical (unpaired) electrons. The van der Waals surface area contributed by atoms with Crippen molar-refractivity contribution in [3.63, 3.8) is 0 Å². The van der Waals surface area contributed by atoms with Crippen molar-refractivity contribution in [2.45, 2.75) is 45.3 Å². The van der Waals surface area contributed by atoms with Crippen LogP contribution in [0.1, 0.15) is 42.2 Å². The van der Waals surface area contributed by atoms with Crippen molar-refractivity contribution in [3.05, 3.63) is 58.0 Å². The highest BCUT2D eigenvalue weighted by Gasteiger charge is 2.27. The molecule has 0 saturated heterocycles. The number of nitrogens with zero attached hydrogens (tertiary/aromatic N) is 4. The van der Waals surface area contributed by atoms with E-state index in [9.17, 15) is 28.7 Å². The maximum atomic E-state index is 13.0. The van der Waals surface area contributed by atoms with E-state index in [0.29, 0.717) is 37.3 Å². The fraction of sp³-hybridized carbons (Fsp3) is 0.519. The predicted octanol–water partition coefficient (Wildman–Crippen LogP) is 1.00. The highest BCUT2D eigenvalue weighted by Crippen LogP contribution is 2.30. The molecule has 214 valence electrons. The first-order chi connectivity index (χ1) is 18.6. The van der Waals surface area contributed by atoms with Crippen LogP contribution >= 0.6 is 0 Å². The number of benzene rings is 1. The molecule has 3 rings (SSSR count). The Hall–Kier alpha value is -3.64. The van der Waals surface area contributed by atoms with Gasteiger partial charge in [0.2, 0.25) is 12.0 Å². The van der Waals surface area contributed by atoms with Crippen molar-refractivity contribution in [2.24, 2.45) is 5.92 Å². The van der Waals surface area contributed by atoms with Crippen LogP contribution in [0.4, 0.5) is 4.39 Å². The molecule has 0 aliphatic heterocycles. The van der Waals surface area contributed by atoms with E-state index in [1.807, 2.05) is 21.0 Å². The summed E-state index contributed by atoms with van der Waals surface area (Å²) >= 11 is 0. The van der Waals surface area contributed by atoms with Gasteiger partial charge < -0.3 is 20.6 Å². The number of likely N-dealkylation sites (N-methyl/N-ethyl adjacent to an activating group) is 1. The van der Waals surface area contributed by atoms with E-state index in [1.165, 1.54) is 40.1 Å². The van der Waals surface area contributed by atoms with Crippen LogP contribution in [-0.2, 0) is 22.7 Å². The van der Waals surface area contributed by atoms with Crippen molar-refractivity contribution in [1.82, 2.24) is 30.0 Å². The van der Waals surface area contributed by atoms with Gasteiger partial charge in [0.15, 0.2) is 5.69 Å². The summed E-state index contributed by atoms with van der Waals surface area (Å²) in [5, 5.41) is 15.7. The number of carbonyl (C=O) groups is 3. The number of carbonyl (C=O) groups excluding carboxylic acids is 3. The monoisotopic (exact) mass is 546 g/mol. The Labute approximate surface area is 228 Å². The third-order valence-corrected chi connectivity index (χ3v) is 6.40. The summed E-state index contributed by atoms with van der Waals surface area (Å²) in [4.78, 5) is 55.5. The Morgan fingerprint density at radius 1 is 1.26 bits per heavy atom. The molecule has 12 heteroatoms. The molecule has 2 aromatic rings. The van der Waals surface area contributed by atoms with Gasteiger partial charge in [0, 0.05) is 45.8 Å². The lowest BCUT2D eigenvalue weighted by molar-refractivity contribution is -0.139. The minimum Gasteiger partial charge on any atom is -0.501 e. The van der Waals surface area contributed by atoms with Crippen molar-refractivity contribution in [2.75, 3.05) is 40.8 Å². The van der Waals surface area contributed by atoms with Gasteiger partial charge in [-0.05, 0) is 57.0 Å². The zero-order chi connectivity index (χ0) is 28.9. The smallest absolute Gasteiger partial charge is 0.296 e. The number of aromatic hydroxyl groups is 1. The zero-order valence-corrected chi connectivity index (χ0v) is 23.0. The first-order valence-electron chi connectivity index (χ1n) is 13.0. The molecule has 0 spiro atoms. The van der Waals surface area contributed by atoms with Crippen LogP contribution in [0, 0.1) is 11.7 Å². The molecule has 1 aliphatic rings. The molecule has 1 fully saturated rings. The number of nitrogens with one attached hydrogen (secondary N) is 2. The second kappa shape index (κ2) is 15.7. The molecular weight excluding hydrogens is 507 g/mol. The summed E-state index contributed by atoms with van der Waals surface area (Å²) < 4.78 is 14.3. The number of amides is 2. The van der Waals surface area contributed by atoms with Crippen LogP contribution in [0.15, 0.2) is 35.4 Å². The van der Waals surface area contributed by atoms with Crippen LogP contribution in [0.5, 0.6) is 5.75 Å². The Morgan fingerprint density at radius 2 is 1.90 bits per heavy atom. The number of rotatable bonds is 13. The molecule has 1 aromatic carbocycles. The van der Waals surface area contributed by atoms with E-state index in [4.69, 9.17) is 0 Å². The van der Waals surface area contributed by atoms with Gasteiger partial charge >= 0.3 is 0 Å². The van der Waals surface area contributed by atoms with Crippen molar-refractivity contribution in [3.8, 4) is 5.75 Å². The molecule has 1 heterocycles. The lowest BCUT2D eigenvalue weighted by atomic mass is 10.1. The van der Waals surface area contributed by atoms with Crippen LogP contribution in [0.2, 0.25) is 0 Å². The van der Waals surface area contributed by atoms with Gasteiger partial charge in [0.05, 0.1) is 6.33 Å². The van der Waals surface area contributed by atoms with Gasteiger partial charge in [0.1, 0.15) is 5.82 Å². The van der Waals surface area contributed by atoms with Gasteiger partial charge in [-0.2, -0.15) is 0 Å². The Balaban J connectivity index is 0.00000170. The number of hydrogen-bond acceptors (Lipinski definition) is 8. The minimum atomic E-state index is -0.745. The molecule has 1 aliphatic carbocycles. The first kappa shape index (κ1) is 31.6. The fourth-order valence-corrected chi connectivity index (χ4v) is 3.93. The molecule has 1 atom stereocenters. The highest BCUT2D eigenvalue weighted by molar-refractivity contribution is 6.23. The van der Waals surface area contributed by atoms with Gasteiger partial charge in [-0.25, -0.2) is 9.37 Å². The summed E-state index contributed by atoms with van der Waals surface area (Å²) in [5.41, 5.74) is -0.462. The number of aldehydes is 1. The molecule has 3 N–H and O–H groups in total. The first-order valence-corrected chi connectivity index (χ1v) is 13.0. The predicted molar refractivity (Wildman–Crippen MR) is 145 cm³/mol. The maximum Gasteiger partial charge on any atom is 0.296 e. The third-order valence-electron chi connectivity index (χ3n) is 6.40. The molecule has 39 heavy (non-hydrogen) atoms. The van der Waals surface area contributed by atoms with E-state index in [-0.39, 0.29) is 24.8 Å². The highest BCUT2D eigenvalue weighted by atomic mass is 19.1. The second-order valence-electron chi connectivity index (χ2n) is 9.58. The largest absolute Gasteiger partial charge is 0.501 e. The second-order valence-corrected chi connectivity index (χ2v) is 9.58. The van der Waals surface area contributed by atoms with Gasteiger partial charge in [0.25, 0.3) is 17.4 Å². The lowest BCUT2D eigenvalue weighted by Gasteiger charge is -2.32. The SMILES string of the molecule is CCC(CN(CCn1cnc(C(=O)NCc2ccc(F)cc2)c(O)c1=O)CC1CC1)N(C)C(=O)C=O.CNC. The van der Waals surface area contributed by atoms with Gasteiger partial charge in [-0.1, -0.05) is 19.1 Å². The lowest BCUT2D eigenvalue weighted by Crippen LogP contribution is -2.46. The minimum absolute atomic E-state index is 0.0824. The summed E-state index contributed by atoms with van der Waals surface area (Å²) in [6.45, 7) is 4.07. The zero-order valence-electron chi connectivity index (χ0n) is 23.0. The average molecular weight is 547 g/mol. The normalized spacial score (nSPS) is 13.3. The summed E-state index contributed by atoms with van der Waals surface area (Å²) in [6.07, 6.45) is 4.45. The van der Waals surface area contributed by atoms with Crippen LogP contribution < -0.4 is 16.2 Å². The standard InChI is InChI=1S/C25H32FN5O5.C2H7N/c1-3-20(29(2)21(33)15-32)14-30(13-18-4-5-18)10-11-31-16-28-22(23(34)25(31)36)24(35)27-12-17-6-8-19(26)9-7-17;1-3-2/h6-9,15-16,18,20,34H,3-5,10-14H2,1-2H3,(H,27,35);3H,1-2H3. The summed E-state index contributed by atoms with van der Waals surface area (Å²) in [6, 6.07) is 5.42. The van der Waals surface area contributed by atoms with E-state index in [0.717, 1.165) is 19.4 Å². The fourth-order valence-electron chi connectivity index (χ4n) is 3.93.